The summed E-state index contributed by atoms with van der Waals surface area (Å²) < 4.78 is 0. The lowest BCUT2D eigenvalue weighted by atomic mass is 10.2. The van der Waals surface area contributed by atoms with E-state index in [1.54, 1.807) is 19.3 Å². The average molecular weight is 215 g/mol. The van der Waals surface area contributed by atoms with Crippen LogP contribution in [0.15, 0.2) is 12.3 Å². The molecule has 1 heterocycles. The summed E-state index contributed by atoms with van der Waals surface area (Å²) in [5.41, 5.74) is 1.21. The maximum atomic E-state index is 11.1. The minimum absolute atomic E-state index is 0.264. The minimum Gasteiger partial charge on any atom is -0.354 e. The summed E-state index contributed by atoms with van der Waals surface area (Å²) in [6.45, 7) is 5.87. The highest BCUT2D eigenvalue weighted by Gasteiger charge is 2.09. The molecule has 1 aromatic heterocycles. The standard InChI is InChI=1S/C8H9ClN2O.C2H6/c1-5-3-6(9)7(11-4-5)8(12)10-2;1-2/h3-4H,1-2H3,(H,10,12);1-2H3. The third-order valence-electron chi connectivity index (χ3n) is 1.42. The molecule has 78 valence electrons. The van der Waals surface area contributed by atoms with Crippen molar-refractivity contribution in [3.8, 4) is 0 Å². The van der Waals surface area contributed by atoms with Gasteiger partial charge >= 0.3 is 0 Å². The van der Waals surface area contributed by atoms with Gasteiger partial charge in [0.15, 0.2) is 0 Å². The quantitative estimate of drug-likeness (QED) is 0.780. The molecule has 0 aliphatic heterocycles. The fourth-order valence-corrected chi connectivity index (χ4v) is 1.13. The van der Waals surface area contributed by atoms with Crippen molar-refractivity contribution in [3.63, 3.8) is 0 Å². The Kier molecular flexibility index (Phi) is 5.88. The maximum absolute atomic E-state index is 11.1. The predicted molar refractivity (Wildman–Crippen MR) is 58.7 cm³/mol. The molecule has 3 nitrogen and oxygen atoms in total. The topological polar surface area (TPSA) is 42.0 Å². The van der Waals surface area contributed by atoms with Crippen LogP contribution in [0.1, 0.15) is 29.9 Å². The van der Waals surface area contributed by atoms with E-state index in [0.717, 1.165) is 5.56 Å². The van der Waals surface area contributed by atoms with Crippen LogP contribution in [0.3, 0.4) is 0 Å². The Bertz CT molecular complexity index is 313. The molecule has 0 aromatic carbocycles. The molecule has 1 aromatic rings. The lowest BCUT2D eigenvalue weighted by Gasteiger charge is -2.01. The molecule has 0 atom stereocenters. The van der Waals surface area contributed by atoms with E-state index in [1.807, 2.05) is 20.8 Å². The van der Waals surface area contributed by atoms with Gasteiger partial charge in [0.25, 0.3) is 5.91 Å². The molecule has 14 heavy (non-hydrogen) atoms. The predicted octanol–water partition coefficient (Wildman–Crippen LogP) is 2.43. The molecule has 0 bridgehead atoms. The highest BCUT2D eigenvalue weighted by Crippen LogP contribution is 2.14. The van der Waals surface area contributed by atoms with Gasteiger partial charge in [0.05, 0.1) is 5.02 Å². The summed E-state index contributed by atoms with van der Waals surface area (Å²) in [6, 6.07) is 1.71. The number of nitrogens with zero attached hydrogens (tertiary/aromatic N) is 1. The number of hydrogen-bond acceptors (Lipinski definition) is 2. The zero-order valence-corrected chi connectivity index (χ0v) is 9.64. The third kappa shape index (κ3) is 3.34. The van der Waals surface area contributed by atoms with E-state index in [4.69, 9.17) is 11.6 Å². The summed E-state index contributed by atoms with van der Waals surface area (Å²) in [4.78, 5) is 15.0. The molecule has 0 radical (unpaired) electrons. The maximum Gasteiger partial charge on any atom is 0.271 e. The summed E-state index contributed by atoms with van der Waals surface area (Å²) in [5, 5.41) is 2.84. The van der Waals surface area contributed by atoms with Crippen LogP contribution in [0.5, 0.6) is 0 Å². The lowest BCUT2D eigenvalue weighted by Crippen LogP contribution is -2.19. The first kappa shape index (κ1) is 12.9. The lowest BCUT2D eigenvalue weighted by molar-refractivity contribution is 0.0958. The van der Waals surface area contributed by atoms with Crippen LogP contribution in [0, 0.1) is 6.92 Å². The molecule has 0 aliphatic carbocycles. The van der Waals surface area contributed by atoms with Gasteiger partial charge in [0.1, 0.15) is 5.69 Å². The Labute approximate surface area is 89.5 Å². The van der Waals surface area contributed by atoms with E-state index >= 15 is 0 Å². The van der Waals surface area contributed by atoms with Gasteiger partial charge in [0, 0.05) is 13.2 Å². The first-order valence-electron chi connectivity index (χ1n) is 4.49. The Morgan fingerprint density at radius 2 is 2.07 bits per heavy atom. The number of halogens is 1. The molecular formula is C10H15ClN2O. The summed E-state index contributed by atoms with van der Waals surface area (Å²) in [5.74, 6) is -0.264. The van der Waals surface area contributed by atoms with Crippen LogP contribution < -0.4 is 5.32 Å². The Morgan fingerprint density at radius 1 is 1.50 bits per heavy atom. The molecule has 1 amide bonds. The molecule has 0 fully saturated rings. The van der Waals surface area contributed by atoms with E-state index in [-0.39, 0.29) is 11.6 Å². The number of pyridine rings is 1. The first-order chi connectivity index (χ1) is 6.65. The average Bonchev–Trinajstić information content (AvgIpc) is 2.20. The van der Waals surface area contributed by atoms with Crippen molar-refractivity contribution in [1.82, 2.24) is 10.3 Å². The van der Waals surface area contributed by atoms with E-state index in [2.05, 4.69) is 10.3 Å². The minimum atomic E-state index is -0.264. The van der Waals surface area contributed by atoms with Gasteiger partial charge in [-0.05, 0) is 18.6 Å². The van der Waals surface area contributed by atoms with Crippen molar-refractivity contribution >= 4 is 17.5 Å². The molecule has 4 heteroatoms. The number of amides is 1. The van der Waals surface area contributed by atoms with Crippen molar-refractivity contribution < 1.29 is 4.79 Å². The zero-order valence-electron chi connectivity index (χ0n) is 8.89. The van der Waals surface area contributed by atoms with Crippen molar-refractivity contribution in [2.75, 3.05) is 7.05 Å². The normalized spacial score (nSPS) is 8.64. The van der Waals surface area contributed by atoms with Gasteiger partial charge < -0.3 is 5.32 Å². The second-order valence-corrected chi connectivity index (χ2v) is 2.83. The number of aromatic nitrogens is 1. The molecule has 0 unspecified atom stereocenters. The summed E-state index contributed by atoms with van der Waals surface area (Å²) >= 11 is 5.78. The molecule has 1 N–H and O–H groups in total. The Hall–Kier alpha value is -1.09. The largest absolute Gasteiger partial charge is 0.354 e. The fourth-order valence-electron chi connectivity index (χ4n) is 0.819. The second-order valence-electron chi connectivity index (χ2n) is 2.42. The van der Waals surface area contributed by atoms with E-state index in [0.29, 0.717) is 5.02 Å². The molecular weight excluding hydrogens is 200 g/mol. The van der Waals surface area contributed by atoms with Crippen LogP contribution >= 0.6 is 11.6 Å². The molecule has 0 spiro atoms. The van der Waals surface area contributed by atoms with Crippen LogP contribution in [-0.4, -0.2) is 17.9 Å². The van der Waals surface area contributed by atoms with Crippen LogP contribution in [0.4, 0.5) is 0 Å². The number of rotatable bonds is 1. The molecule has 0 aliphatic rings. The van der Waals surface area contributed by atoms with Crippen molar-refractivity contribution in [2.24, 2.45) is 0 Å². The first-order valence-corrected chi connectivity index (χ1v) is 4.87. The number of carbonyl (C=O) groups is 1. The second kappa shape index (κ2) is 6.38. The summed E-state index contributed by atoms with van der Waals surface area (Å²) in [6.07, 6.45) is 1.61. The highest BCUT2D eigenvalue weighted by molar-refractivity contribution is 6.33. The highest BCUT2D eigenvalue weighted by atomic mass is 35.5. The van der Waals surface area contributed by atoms with Crippen molar-refractivity contribution in [3.05, 3.63) is 28.5 Å². The number of aryl methyl sites for hydroxylation is 1. The zero-order chi connectivity index (χ0) is 11.1. The summed E-state index contributed by atoms with van der Waals surface area (Å²) in [7, 11) is 1.54. The van der Waals surface area contributed by atoms with E-state index in [9.17, 15) is 4.79 Å². The van der Waals surface area contributed by atoms with Gasteiger partial charge in [-0.1, -0.05) is 25.4 Å². The molecule has 0 saturated heterocycles. The van der Waals surface area contributed by atoms with Gasteiger partial charge in [-0.25, -0.2) is 4.98 Å². The van der Waals surface area contributed by atoms with Crippen molar-refractivity contribution in [1.29, 1.82) is 0 Å². The van der Waals surface area contributed by atoms with Gasteiger partial charge in [-0.2, -0.15) is 0 Å². The van der Waals surface area contributed by atoms with Crippen LogP contribution in [-0.2, 0) is 0 Å². The Morgan fingerprint density at radius 3 is 2.50 bits per heavy atom. The number of nitrogens with one attached hydrogen (secondary N) is 1. The van der Waals surface area contributed by atoms with Crippen molar-refractivity contribution in [2.45, 2.75) is 20.8 Å². The van der Waals surface area contributed by atoms with Crippen LogP contribution in [0.2, 0.25) is 5.02 Å². The van der Waals surface area contributed by atoms with Gasteiger partial charge in [0.2, 0.25) is 0 Å². The van der Waals surface area contributed by atoms with E-state index < -0.39 is 0 Å². The number of hydrogen-bond donors (Lipinski definition) is 1. The van der Waals surface area contributed by atoms with Crippen LogP contribution in [0.25, 0.3) is 0 Å². The third-order valence-corrected chi connectivity index (χ3v) is 1.71. The van der Waals surface area contributed by atoms with Gasteiger partial charge in [-0.3, -0.25) is 4.79 Å². The Balaban J connectivity index is 0.000000791. The number of carbonyl (C=O) groups excluding carboxylic acids is 1. The van der Waals surface area contributed by atoms with Gasteiger partial charge in [-0.15, -0.1) is 0 Å². The smallest absolute Gasteiger partial charge is 0.271 e. The fraction of sp³-hybridized carbons (Fsp3) is 0.400. The SMILES string of the molecule is CC.CNC(=O)c1ncc(C)cc1Cl. The molecule has 0 saturated carbocycles. The van der Waals surface area contributed by atoms with E-state index in [1.165, 1.54) is 0 Å². The molecule has 1 rings (SSSR count). The monoisotopic (exact) mass is 214 g/mol.